The Morgan fingerprint density at radius 2 is 1.91 bits per heavy atom. The van der Waals surface area contributed by atoms with Gasteiger partial charge in [-0.15, -0.1) is 0 Å². The smallest absolute Gasteiger partial charge is 0.273 e. The van der Waals surface area contributed by atoms with Crippen LogP contribution in [0.4, 0.5) is 0 Å². The van der Waals surface area contributed by atoms with E-state index >= 15 is 0 Å². The summed E-state index contributed by atoms with van der Waals surface area (Å²) in [5, 5.41) is 18.3. The van der Waals surface area contributed by atoms with Gasteiger partial charge in [0.25, 0.3) is 5.91 Å². The summed E-state index contributed by atoms with van der Waals surface area (Å²) in [4.78, 5) is 15.1. The molecule has 172 valence electrons. The van der Waals surface area contributed by atoms with Crippen molar-refractivity contribution in [3.8, 4) is 22.8 Å². The number of ether oxygens (including phenoxy) is 1. The van der Waals surface area contributed by atoms with Gasteiger partial charge in [0.2, 0.25) is 0 Å². The minimum absolute atomic E-state index is 0.0544. The van der Waals surface area contributed by atoms with E-state index in [4.69, 9.17) is 16.3 Å². The second-order valence-corrected chi connectivity index (χ2v) is 8.71. The molecule has 1 aliphatic heterocycles. The molecule has 1 unspecified atom stereocenters. The third kappa shape index (κ3) is 4.01. The molecular weight excluding hydrogens is 450 g/mol. The molecule has 0 saturated heterocycles. The van der Waals surface area contributed by atoms with Crippen molar-refractivity contribution in [1.29, 1.82) is 0 Å². The summed E-state index contributed by atoms with van der Waals surface area (Å²) in [6.07, 6.45) is 0.807. The number of phenolic OH excluding ortho intramolecular Hbond substituents is 1. The van der Waals surface area contributed by atoms with Crippen molar-refractivity contribution in [3.05, 3.63) is 100 Å². The molecule has 0 saturated carbocycles. The molecule has 0 aliphatic carbocycles. The number of halogens is 1. The van der Waals surface area contributed by atoms with E-state index < -0.39 is 0 Å². The molecule has 0 fully saturated rings. The molecule has 34 heavy (non-hydrogen) atoms. The molecule has 6 nitrogen and oxygen atoms in total. The number of nitrogens with zero attached hydrogens (tertiary/aromatic N) is 2. The molecule has 1 aliphatic rings. The highest BCUT2D eigenvalue weighted by atomic mass is 35.5. The van der Waals surface area contributed by atoms with Crippen LogP contribution in [0.15, 0.2) is 72.8 Å². The monoisotopic (exact) mass is 473 g/mol. The number of aromatic hydroxyl groups is 1. The molecule has 4 aromatic rings. The molecule has 2 heterocycles. The molecule has 1 aromatic heterocycles. The lowest BCUT2D eigenvalue weighted by Gasteiger charge is -2.26. The number of benzene rings is 3. The van der Waals surface area contributed by atoms with Crippen molar-refractivity contribution in [1.82, 2.24) is 15.1 Å². The molecule has 1 atom stereocenters. The zero-order valence-electron chi connectivity index (χ0n) is 18.7. The van der Waals surface area contributed by atoms with E-state index in [0.717, 1.165) is 23.1 Å². The fraction of sp³-hybridized carbons (Fsp3) is 0.185. The predicted octanol–water partition coefficient (Wildman–Crippen LogP) is 5.97. The lowest BCUT2D eigenvalue weighted by atomic mass is 9.95. The Balaban J connectivity index is 1.55. The van der Waals surface area contributed by atoms with Gasteiger partial charge in [-0.3, -0.25) is 9.89 Å². The van der Waals surface area contributed by atoms with Crippen LogP contribution < -0.4 is 4.74 Å². The van der Waals surface area contributed by atoms with Gasteiger partial charge in [-0.05, 0) is 47.9 Å². The number of hydrogen-bond acceptors (Lipinski definition) is 4. The quantitative estimate of drug-likeness (QED) is 0.346. The number of aromatic amines is 1. The van der Waals surface area contributed by atoms with Gasteiger partial charge in [-0.1, -0.05) is 61.0 Å². The lowest BCUT2D eigenvalue weighted by Crippen LogP contribution is -2.30. The number of fused-ring (bicyclic) bond motifs is 1. The minimum atomic E-state index is -0.366. The summed E-state index contributed by atoms with van der Waals surface area (Å²) in [5.74, 6) is 0.658. The van der Waals surface area contributed by atoms with Gasteiger partial charge in [0.1, 0.15) is 29.5 Å². The SMILES string of the molecule is CCCN1C(=O)c2[nH]nc(-c3cc(Cl)ccc3O)c2C1c1cccc(OCc2ccccc2)c1. The van der Waals surface area contributed by atoms with E-state index in [9.17, 15) is 9.90 Å². The van der Waals surface area contributed by atoms with Crippen molar-refractivity contribution in [2.75, 3.05) is 6.54 Å². The van der Waals surface area contributed by atoms with Crippen LogP contribution in [0.3, 0.4) is 0 Å². The number of carbonyl (C=O) groups excluding carboxylic acids is 1. The largest absolute Gasteiger partial charge is 0.507 e. The van der Waals surface area contributed by atoms with E-state index in [2.05, 4.69) is 10.2 Å². The number of aromatic nitrogens is 2. The molecule has 1 amide bonds. The number of amides is 1. The summed E-state index contributed by atoms with van der Waals surface area (Å²) >= 11 is 6.21. The van der Waals surface area contributed by atoms with Gasteiger partial charge in [0, 0.05) is 22.7 Å². The predicted molar refractivity (Wildman–Crippen MR) is 131 cm³/mol. The van der Waals surface area contributed by atoms with Gasteiger partial charge >= 0.3 is 0 Å². The lowest BCUT2D eigenvalue weighted by molar-refractivity contribution is 0.0743. The normalized spacial score (nSPS) is 14.9. The van der Waals surface area contributed by atoms with Crippen molar-refractivity contribution >= 4 is 17.5 Å². The van der Waals surface area contributed by atoms with Gasteiger partial charge in [0.15, 0.2) is 0 Å². The summed E-state index contributed by atoms with van der Waals surface area (Å²) in [5.41, 5.74) is 4.16. The van der Waals surface area contributed by atoms with E-state index in [0.29, 0.717) is 40.9 Å². The van der Waals surface area contributed by atoms with E-state index in [1.807, 2.05) is 66.4 Å². The van der Waals surface area contributed by atoms with E-state index in [1.165, 1.54) is 6.07 Å². The average Bonchev–Trinajstić information content (AvgIpc) is 3.39. The number of hydrogen-bond donors (Lipinski definition) is 2. The van der Waals surface area contributed by atoms with E-state index in [-0.39, 0.29) is 17.7 Å². The Morgan fingerprint density at radius 1 is 1.09 bits per heavy atom. The van der Waals surface area contributed by atoms with Crippen LogP contribution in [0, 0.1) is 0 Å². The summed E-state index contributed by atoms with van der Waals surface area (Å²) < 4.78 is 6.05. The maximum Gasteiger partial charge on any atom is 0.273 e. The summed E-state index contributed by atoms with van der Waals surface area (Å²) in [6.45, 7) is 3.08. The first kappa shape index (κ1) is 22.0. The molecule has 0 bridgehead atoms. The zero-order chi connectivity index (χ0) is 23.7. The van der Waals surface area contributed by atoms with Gasteiger partial charge < -0.3 is 14.7 Å². The first-order chi connectivity index (χ1) is 16.6. The minimum Gasteiger partial charge on any atom is -0.507 e. The second kappa shape index (κ2) is 9.23. The molecule has 5 rings (SSSR count). The van der Waals surface area contributed by atoms with Gasteiger partial charge in [0.05, 0.1) is 6.04 Å². The van der Waals surface area contributed by atoms with Crippen molar-refractivity contribution < 1.29 is 14.6 Å². The highest BCUT2D eigenvalue weighted by Gasteiger charge is 2.42. The Bertz CT molecular complexity index is 1340. The van der Waals surface area contributed by atoms with Crippen molar-refractivity contribution in [2.24, 2.45) is 0 Å². The maximum atomic E-state index is 13.3. The van der Waals surface area contributed by atoms with Crippen molar-refractivity contribution in [2.45, 2.75) is 26.0 Å². The molecule has 3 aromatic carbocycles. The number of carbonyl (C=O) groups is 1. The summed E-state index contributed by atoms with van der Waals surface area (Å²) in [6, 6.07) is 22.2. The van der Waals surface area contributed by atoms with Gasteiger partial charge in [-0.2, -0.15) is 5.10 Å². The topological polar surface area (TPSA) is 78.5 Å². The number of phenols is 1. The Hall–Kier alpha value is -3.77. The summed E-state index contributed by atoms with van der Waals surface area (Å²) in [7, 11) is 0. The average molecular weight is 474 g/mol. The number of nitrogens with one attached hydrogen (secondary N) is 1. The second-order valence-electron chi connectivity index (χ2n) is 8.27. The standard InChI is InChI=1S/C27H24ClN3O3/c1-2-13-31-26(18-9-6-10-20(14-18)34-16-17-7-4-3-5-8-17)23-24(29-30-25(23)27(31)33)21-15-19(28)11-12-22(21)32/h3-12,14-15,26,32H,2,13,16H2,1H3,(H,29,30). The Labute approximate surface area is 202 Å². The van der Waals surface area contributed by atoms with Crippen LogP contribution >= 0.6 is 11.6 Å². The van der Waals surface area contributed by atoms with Crippen molar-refractivity contribution in [3.63, 3.8) is 0 Å². The fourth-order valence-electron chi connectivity index (χ4n) is 4.43. The zero-order valence-corrected chi connectivity index (χ0v) is 19.4. The number of H-pyrrole nitrogens is 1. The Kier molecular flexibility index (Phi) is 5.99. The van der Waals surface area contributed by atoms with Crippen LogP contribution in [0.25, 0.3) is 11.3 Å². The third-order valence-corrected chi connectivity index (χ3v) is 6.20. The molecular formula is C27H24ClN3O3. The van der Waals surface area contributed by atoms with Crippen LogP contribution in [-0.4, -0.2) is 32.7 Å². The fourth-order valence-corrected chi connectivity index (χ4v) is 4.61. The van der Waals surface area contributed by atoms with Crippen LogP contribution in [0.5, 0.6) is 11.5 Å². The highest BCUT2D eigenvalue weighted by molar-refractivity contribution is 6.31. The van der Waals surface area contributed by atoms with Gasteiger partial charge in [-0.25, -0.2) is 0 Å². The molecule has 0 spiro atoms. The van der Waals surface area contributed by atoms with Crippen LogP contribution in [0.1, 0.15) is 46.6 Å². The first-order valence-electron chi connectivity index (χ1n) is 11.2. The Morgan fingerprint density at radius 3 is 2.71 bits per heavy atom. The van der Waals surface area contributed by atoms with Crippen LogP contribution in [0.2, 0.25) is 5.02 Å². The first-order valence-corrected chi connectivity index (χ1v) is 11.6. The highest BCUT2D eigenvalue weighted by Crippen LogP contribution is 2.45. The molecule has 7 heteroatoms. The molecule has 2 N–H and O–H groups in total. The molecule has 0 radical (unpaired) electrons. The third-order valence-electron chi connectivity index (χ3n) is 5.96. The van der Waals surface area contributed by atoms with E-state index in [1.54, 1.807) is 12.1 Å². The van der Waals surface area contributed by atoms with Crippen LogP contribution in [-0.2, 0) is 6.61 Å². The maximum absolute atomic E-state index is 13.3. The number of rotatable bonds is 7.